The highest BCUT2D eigenvalue weighted by Gasteiger charge is 2.51. The predicted molar refractivity (Wildman–Crippen MR) is 279 cm³/mol. The maximum atomic E-state index is 2.56. The van der Waals surface area contributed by atoms with Crippen molar-refractivity contribution in [2.24, 2.45) is 0 Å². The molecule has 11 aromatic rings. The summed E-state index contributed by atoms with van der Waals surface area (Å²) >= 11 is 1.88. The highest BCUT2D eigenvalue weighted by molar-refractivity contribution is 7.25. The number of thiophene rings is 1. The molecule has 0 amide bonds. The summed E-state index contributed by atoms with van der Waals surface area (Å²) in [5.74, 6) is 0. The molecule has 1 aromatic heterocycles. The van der Waals surface area contributed by atoms with Crippen LogP contribution in [0.5, 0.6) is 0 Å². The van der Waals surface area contributed by atoms with Crippen LogP contribution in [0.15, 0.2) is 224 Å². The van der Waals surface area contributed by atoms with Crippen molar-refractivity contribution >= 4 is 48.6 Å². The molecule has 0 fully saturated rings. The SMILES string of the molecule is CC1(C)c2ccccc2-c2c(-c3ccccc3N(c3ccc4c(c3)-c3ccccc3C43c4ccccc4-c4ccccc43)c3ccccc3-c3cccc4sc5ccccc5c34)cccc21. The molecule has 0 aliphatic heterocycles. The fourth-order valence-corrected chi connectivity index (χ4v) is 13.5. The molecule has 3 aliphatic carbocycles. The molecule has 1 heterocycles. The van der Waals surface area contributed by atoms with E-state index in [-0.39, 0.29) is 5.41 Å². The van der Waals surface area contributed by atoms with Gasteiger partial charge in [-0.3, -0.25) is 0 Å². The predicted octanol–water partition coefficient (Wildman–Crippen LogP) is 17.5. The van der Waals surface area contributed by atoms with E-state index in [4.69, 9.17) is 0 Å². The second-order valence-electron chi connectivity index (χ2n) is 18.7. The Bertz CT molecular complexity index is 3780. The Balaban J connectivity index is 1.06. The van der Waals surface area contributed by atoms with Crippen LogP contribution in [-0.4, -0.2) is 0 Å². The molecule has 14 rings (SSSR count). The number of hydrogen-bond donors (Lipinski definition) is 0. The first-order chi connectivity index (χ1) is 32.5. The van der Waals surface area contributed by atoms with E-state index in [0.29, 0.717) is 0 Å². The quantitative estimate of drug-likeness (QED) is 0.167. The average Bonchev–Trinajstić information content (AvgIpc) is 4.07. The van der Waals surface area contributed by atoms with E-state index in [1.165, 1.54) is 109 Å². The monoisotopic (exact) mass is 857 g/mol. The fourth-order valence-electron chi connectivity index (χ4n) is 12.4. The lowest BCUT2D eigenvalue weighted by molar-refractivity contribution is 0.660. The number of rotatable bonds is 5. The zero-order valence-corrected chi connectivity index (χ0v) is 37.5. The minimum Gasteiger partial charge on any atom is -0.309 e. The van der Waals surface area contributed by atoms with Gasteiger partial charge in [-0.2, -0.15) is 0 Å². The molecule has 0 saturated heterocycles. The van der Waals surface area contributed by atoms with Crippen LogP contribution in [0.25, 0.3) is 75.8 Å². The van der Waals surface area contributed by atoms with E-state index in [1.54, 1.807) is 0 Å². The van der Waals surface area contributed by atoms with E-state index in [0.717, 1.165) is 17.1 Å². The van der Waals surface area contributed by atoms with Gasteiger partial charge in [0.15, 0.2) is 0 Å². The summed E-state index contributed by atoms with van der Waals surface area (Å²) < 4.78 is 2.61. The van der Waals surface area contributed by atoms with Gasteiger partial charge in [-0.25, -0.2) is 0 Å². The summed E-state index contributed by atoms with van der Waals surface area (Å²) in [6, 6.07) is 84.5. The Labute approximate surface area is 389 Å². The largest absolute Gasteiger partial charge is 0.309 e. The normalized spacial score (nSPS) is 14.2. The van der Waals surface area contributed by atoms with Gasteiger partial charge in [-0.05, 0) is 114 Å². The third kappa shape index (κ3) is 4.94. The Kier molecular flexibility index (Phi) is 7.89. The third-order valence-electron chi connectivity index (χ3n) is 15.1. The Morgan fingerprint density at radius 2 is 0.788 bits per heavy atom. The summed E-state index contributed by atoms with van der Waals surface area (Å²) in [5.41, 5.74) is 23.7. The Hall–Kier alpha value is -7.78. The number of para-hydroxylation sites is 2. The van der Waals surface area contributed by atoms with E-state index in [1.807, 2.05) is 11.3 Å². The number of benzene rings is 10. The summed E-state index contributed by atoms with van der Waals surface area (Å²) in [4.78, 5) is 2.56. The number of fused-ring (bicyclic) bond motifs is 16. The fraction of sp³-hybridized carbons (Fsp3) is 0.0625. The van der Waals surface area contributed by atoms with E-state index in [2.05, 4.69) is 243 Å². The van der Waals surface area contributed by atoms with Crippen molar-refractivity contribution in [2.75, 3.05) is 4.90 Å². The summed E-state index contributed by atoms with van der Waals surface area (Å²) in [5, 5.41) is 2.61. The van der Waals surface area contributed by atoms with Gasteiger partial charge >= 0.3 is 0 Å². The molecule has 0 N–H and O–H groups in total. The lowest BCUT2D eigenvalue weighted by Crippen LogP contribution is -2.25. The van der Waals surface area contributed by atoms with Crippen LogP contribution in [-0.2, 0) is 10.8 Å². The van der Waals surface area contributed by atoms with Crippen LogP contribution in [0.1, 0.15) is 47.2 Å². The van der Waals surface area contributed by atoms with Crippen LogP contribution in [0.3, 0.4) is 0 Å². The first-order valence-corrected chi connectivity index (χ1v) is 23.9. The second kappa shape index (κ2) is 13.9. The molecule has 2 heteroatoms. The molecule has 0 unspecified atom stereocenters. The van der Waals surface area contributed by atoms with Crippen LogP contribution in [0.4, 0.5) is 17.1 Å². The van der Waals surface area contributed by atoms with Gasteiger partial charge < -0.3 is 4.90 Å². The molecule has 0 atom stereocenters. The zero-order valence-electron chi connectivity index (χ0n) is 36.7. The first-order valence-electron chi connectivity index (χ1n) is 23.1. The van der Waals surface area contributed by atoms with Crippen LogP contribution >= 0.6 is 11.3 Å². The van der Waals surface area contributed by atoms with Gasteiger partial charge in [-0.1, -0.05) is 202 Å². The van der Waals surface area contributed by atoms with E-state index < -0.39 is 5.41 Å². The van der Waals surface area contributed by atoms with Crippen molar-refractivity contribution in [3.63, 3.8) is 0 Å². The second-order valence-corrected chi connectivity index (χ2v) is 19.7. The molecule has 1 spiro atoms. The number of hydrogen-bond acceptors (Lipinski definition) is 2. The minimum atomic E-state index is -0.418. The summed E-state index contributed by atoms with van der Waals surface area (Å²) in [7, 11) is 0. The van der Waals surface area contributed by atoms with Gasteiger partial charge in [-0.15, -0.1) is 11.3 Å². The third-order valence-corrected chi connectivity index (χ3v) is 16.3. The molecular formula is C64H43NS. The van der Waals surface area contributed by atoms with Gasteiger partial charge in [0.1, 0.15) is 0 Å². The summed E-state index contributed by atoms with van der Waals surface area (Å²) in [6.07, 6.45) is 0. The maximum Gasteiger partial charge on any atom is 0.0725 e. The average molecular weight is 858 g/mol. The highest BCUT2D eigenvalue weighted by Crippen LogP contribution is 2.64. The van der Waals surface area contributed by atoms with Crippen LogP contribution in [0.2, 0.25) is 0 Å². The topological polar surface area (TPSA) is 3.24 Å². The smallest absolute Gasteiger partial charge is 0.0725 e. The van der Waals surface area contributed by atoms with Gasteiger partial charge in [0.25, 0.3) is 0 Å². The lowest BCUT2D eigenvalue weighted by Gasteiger charge is -2.32. The van der Waals surface area contributed by atoms with Crippen molar-refractivity contribution in [3.8, 4) is 55.6 Å². The van der Waals surface area contributed by atoms with Gasteiger partial charge in [0.05, 0.1) is 16.8 Å². The molecule has 0 saturated carbocycles. The molecule has 66 heavy (non-hydrogen) atoms. The van der Waals surface area contributed by atoms with Gasteiger partial charge in [0.2, 0.25) is 0 Å². The number of nitrogens with zero attached hydrogens (tertiary/aromatic N) is 1. The standard InChI is InChI=1S/C64H43NS/c1-63(2)51-28-10-6-24-48(51)61-46(26-17-32-56(61)63)44-22-7-14-33-57(44)65(58-34-15-8-23-45(58)47-27-18-36-60-62(47)49-25-9-16-35-59(49)66-60)40-37-38-55-50(39-40)43-21-5-13-31-54(43)64(55)52-29-11-3-19-41(52)42-20-4-12-30-53(42)64/h3-39H,1-2H3. The van der Waals surface area contributed by atoms with Crippen molar-refractivity contribution < 1.29 is 0 Å². The van der Waals surface area contributed by atoms with Crippen LogP contribution in [0, 0.1) is 0 Å². The van der Waals surface area contributed by atoms with Crippen molar-refractivity contribution in [1.82, 2.24) is 0 Å². The highest BCUT2D eigenvalue weighted by atomic mass is 32.1. The van der Waals surface area contributed by atoms with Crippen molar-refractivity contribution in [3.05, 3.63) is 258 Å². The molecule has 0 bridgehead atoms. The van der Waals surface area contributed by atoms with Gasteiger partial charge in [0, 0.05) is 42.4 Å². The molecule has 310 valence electrons. The maximum absolute atomic E-state index is 2.56. The molecule has 10 aromatic carbocycles. The zero-order chi connectivity index (χ0) is 43.7. The molecule has 0 radical (unpaired) electrons. The molecule has 3 aliphatic rings. The molecular weight excluding hydrogens is 815 g/mol. The van der Waals surface area contributed by atoms with E-state index >= 15 is 0 Å². The number of anilines is 3. The lowest BCUT2D eigenvalue weighted by atomic mass is 9.70. The van der Waals surface area contributed by atoms with Crippen molar-refractivity contribution in [2.45, 2.75) is 24.7 Å². The Morgan fingerprint density at radius 1 is 0.333 bits per heavy atom. The molecule has 1 nitrogen and oxygen atoms in total. The van der Waals surface area contributed by atoms with E-state index in [9.17, 15) is 0 Å². The first kappa shape index (κ1) is 37.6. The van der Waals surface area contributed by atoms with Crippen molar-refractivity contribution in [1.29, 1.82) is 0 Å². The Morgan fingerprint density at radius 3 is 1.47 bits per heavy atom. The summed E-state index contributed by atoms with van der Waals surface area (Å²) in [6.45, 7) is 4.75. The minimum absolute atomic E-state index is 0.119. The van der Waals surface area contributed by atoms with Crippen LogP contribution < -0.4 is 4.90 Å².